The van der Waals surface area contributed by atoms with Crippen LogP contribution in [0.2, 0.25) is 10.0 Å². The van der Waals surface area contributed by atoms with Crippen LogP contribution in [0.15, 0.2) is 41.0 Å². The number of likely N-dealkylation sites (N-methyl/N-ethyl adjacent to an activating group) is 1. The summed E-state index contributed by atoms with van der Waals surface area (Å²) in [5.74, 6) is 0.373. The van der Waals surface area contributed by atoms with Crippen LogP contribution in [-0.2, 0) is 11.3 Å². The highest BCUT2D eigenvalue weighted by atomic mass is 79.9. The van der Waals surface area contributed by atoms with E-state index in [1.54, 1.807) is 18.3 Å². The maximum Gasteiger partial charge on any atom is 0.239 e. The van der Waals surface area contributed by atoms with E-state index in [9.17, 15) is 4.79 Å². The molecule has 7 heteroatoms. The van der Waals surface area contributed by atoms with E-state index >= 15 is 0 Å². The lowest BCUT2D eigenvalue weighted by Crippen LogP contribution is -2.30. The van der Waals surface area contributed by atoms with Crippen LogP contribution >= 0.6 is 39.1 Å². The Balaban J connectivity index is 1.91. The molecule has 2 aromatic rings. The number of benzene rings is 1. The molecule has 116 valence electrons. The Labute approximate surface area is 147 Å². The second-order valence-corrected chi connectivity index (χ2v) is 6.50. The average molecular weight is 403 g/mol. The maximum absolute atomic E-state index is 12.0. The van der Waals surface area contributed by atoms with Crippen LogP contribution in [0.3, 0.4) is 0 Å². The van der Waals surface area contributed by atoms with E-state index in [1.165, 1.54) is 0 Å². The number of hydrogen-bond donors (Lipinski definition) is 1. The molecular weight excluding hydrogens is 389 g/mol. The molecule has 0 spiro atoms. The first-order valence-electron chi connectivity index (χ1n) is 6.48. The predicted molar refractivity (Wildman–Crippen MR) is 93.4 cm³/mol. The predicted octanol–water partition coefficient (Wildman–Crippen LogP) is 4.22. The zero-order chi connectivity index (χ0) is 16.1. The van der Waals surface area contributed by atoms with Crippen LogP contribution in [0.4, 0.5) is 5.82 Å². The van der Waals surface area contributed by atoms with Gasteiger partial charge < -0.3 is 5.32 Å². The number of anilines is 1. The van der Waals surface area contributed by atoms with Crippen LogP contribution in [0.5, 0.6) is 0 Å². The number of aromatic nitrogens is 1. The lowest BCUT2D eigenvalue weighted by atomic mass is 10.2. The van der Waals surface area contributed by atoms with Gasteiger partial charge in [0.05, 0.1) is 16.6 Å². The van der Waals surface area contributed by atoms with Gasteiger partial charge in [-0.3, -0.25) is 9.69 Å². The standard InChI is InChI=1S/C15H14BrCl2N3O/c1-21(8-10-3-2-4-12(17)15(10)18)9-14(22)20-13-6-5-11(16)7-19-13/h2-7H,8-9H2,1H3,(H,19,20,22). The van der Waals surface area contributed by atoms with Gasteiger partial charge >= 0.3 is 0 Å². The summed E-state index contributed by atoms with van der Waals surface area (Å²) in [5, 5.41) is 3.77. The van der Waals surface area contributed by atoms with E-state index in [4.69, 9.17) is 23.2 Å². The number of nitrogens with zero attached hydrogens (tertiary/aromatic N) is 2. The smallest absolute Gasteiger partial charge is 0.239 e. The molecule has 0 saturated heterocycles. The van der Waals surface area contributed by atoms with Gasteiger partial charge in [-0.1, -0.05) is 35.3 Å². The number of carbonyl (C=O) groups is 1. The van der Waals surface area contributed by atoms with Gasteiger partial charge in [0.2, 0.25) is 5.91 Å². The fraction of sp³-hybridized carbons (Fsp3) is 0.200. The molecule has 1 amide bonds. The minimum Gasteiger partial charge on any atom is -0.310 e. The van der Waals surface area contributed by atoms with Gasteiger partial charge in [0.25, 0.3) is 0 Å². The van der Waals surface area contributed by atoms with Gasteiger partial charge in [0.15, 0.2) is 0 Å². The van der Waals surface area contributed by atoms with E-state index in [0.29, 0.717) is 22.4 Å². The van der Waals surface area contributed by atoms with Crippen molar-refractivity contribution in [3.8, 4) is 0 Å². The van der Waals surface area contributed by atoms with Crippen molar-refractivity contribution in [3.63, 3.8) is 0 Å². The van der Waals surface area contributed by atoms with Crippen LogP contribution < -0.4 is 5.32 Å². The average Bonchev–Trinajstić information content (AvgIpc) is 2.46. The van der Waals surface area contributed by atoms with Crippen molar-refractivity contribution in [1.29, 1.82) is 0 Å². The molecule has 1 heterocycles. The lowest BCUT2D eigenvalue weighted by molar-refractivity contribution is -0.117. The normalized spacial score (nSPS) is 10.8. The zero-order valence-electron chi connectivity index (χ0n) is 11.8. The van der Waals surface area contributed by atoms with Crippen LogP contribution in [0.1, 0.15) is 5.56 Å². The zero-order valence-corrected chi connectivity index (χ0v) is 14.9. The minimum atomic E-state index is -0.143. The van der Waals surface area contributed by atoms with Crippen molar-refractivity contribution in [1.82, 2.24) is 9.88 Å². The highest BCUT2D eigenvalue weighted by Gasteiger charge is 2.11. The summed E-state index contributed by atoms with van der Waals surface area (Å²) in [7, 11) is 1.84. The molecule has 0 saturated carbocycles. The summed E-state index contributed by atoms with van der Waals surface area (Å²) in [4.78, 5) is 17.9. The topological polar surface area (TPSA) is 45.2 Å². The van der Waals surface area contributed by atoms with E-state index in [2.05, 4.69) is 26.2 Å². The van der Waals surface area contributed by atoms with Crippen molar-refractivity contribution in [2.24, 2.45) is 0 Å². The fourth-order valence-corrected chi connectivity index (χ4v) is 2.51. The second-order valence-electron chi connectivity index (χ2n) is 4.80. The molecule has 1 aromatic heterocycles. The first kappa shape index (κ1) is 17.2. The molecule has 0 bridgehead atoms. The highest BCUT2D eigenvalue weighted by Crippen LogP contribution is 2.26. The third kappa shape index (κ3) is 4.95. The van der Waals surface area contributed by atoms with Gasteiger partial charge in [0.1, 0.15) is 5.82 Å². The number of hydrogen-bond acceptors (Lipinski definition) is 3. The Kier molecular flexibility index (Phi) is 6.20. The number of pyridine rings is 1. The molecule has 22 heavy (non-hydrogen) atoms. The Morgan fingerprint density at radius 1 is 1.32 bits per heavy atom. The molecule has 0 aliphatic heterocycles. The van der Waals surface area contributed by atoms with E-state index in [0.717, 1.165) is 10.0 Å². The summed E-state index contributed by atoms with van der Waals surface area (Å²) in [6.07, 6.45) is 1.63. The van der Waals surface area contributed by atoms with Crippen molar-refractivity contribution in [2.45, 2.75) is 6.54 Å². The second kappa shape index (κ2) is 7.92. The monoisotopic (exact) mass is 401 g/mol. The molecule has 1 aromatic carbocycles. The minimum absolute atomic E-state index is 0.143. The Morgan fingerprint density at radius 2 is 2.09 bits per heavy atom. The number of halogens is 3. The molecule has 0 radical (unpaired) electrons. The van der Waals surface area contributed by atoms with Gasteiger partial charge in [-0.2, -0.15) is 0 Å². The first-order valence-corrected chi connectivity index (χ1v) is 8.03. The lowest BCUT2D eigenvalue weighted by Gasteiger charge is -2.17. The van der Waals surface area contributed by atoms with Crippen molar-refractivity contribution in [2.75, 3.05) is 18.9 Å². The number of nitrogens with one attached hydrogen (secondary N) is 1. The Hall–Kier alpha value is -1.14. The summed E-state index contributed by atoms with van der Waals surface area (Å²) < 4.78 is 0.859. The van der Waals surface area contributed by atoms with Crippen LogP contribution in [0.25, 0.3) is 0 Å². The Bertz CT molecular complexity index is 664. The van der Waals surface area contributed by atoms with Gasteiger partial charge in [-0.05, 0) is 46.7 Å². The third-order valence-electron chi connectivity index (χ3n) is 2.88. The SMILES string of the molecule is CN(CC(=O)Nc1ccc(Br)cn1)Cc1cccc(Cl)c1Cl. The van der Waals surface area contributed by atoms with E-state index < -0.39 is 0 Å². The molecule has 4 nitrogen and oxygen atoms in total. The molecule has 0 unspecified atom stereocenters. The molecule has 0 aliphatic carbocycles. The number of carbonyl (C=O) groups excluding carboxylic acids is 1. The van der Waals surface area contributed by atoms with Crippen LogP contribution in [0, 0.1) is 0 Å². The summed E-state index contributed by atoms with van der Waals surface area (Å²) >= 11 is 15.4. The van der Waals surface area contributed by atoms with Crippen molar-refractivity contribution >= 4 is 50.9 Å². The van der Waals surface area contributed by atoms with E-state index in [1.807, 2.05) is 30.1 Å². The van der Waals surface area contributed by atoms with Crippen molar-refractivity contribution in [3.05, 3.63) is 56.6 Å². The fourth-order valence-electron chi connectivity index (χ4n) is 1.89. The molecule has 0 atom stereocenters. The summed E-state index contributed by atoms with van der Waals surface area (Å²) in [6, 6.07) is 9.01. The quantitative estimate of drug-likeness (QED) is 0.814. The molecule has 1 N–H and O–H groups in total. The van der Waals surface area contributed by atoms with Crippen molar-refractivity contribution < 1.29 is 4.79 Å². The maximum atomic E-state index is 12.0. The largest absolute Gasteiger partial charge is 0.310 e. The Morgan fingerprint density at radius 3 is 2.77 bits per heavy atom. The van der Waals surface area contributed by atoms with Gasteiger partial charge in [0, 0.05) is 17.2 Å². The molecule has 0 fully saturated rings. The number of rotatable bonds is 5. The summed E-state index contributed by atoms with van der Waals surface area (Å²) in [6.45, 7) is 0.751. The number of amides is 1. The van der Waals surface area contributed by atoms with E-state index in [-0.39, 0.29) is 12.5 Å². The van der Waals surface area contributed by atoms with Gasteiger partial charge in [-0.15, -0.1) is 0 Å². The third-order valence-corrected chi connectivity index (χ3v) is 4.21. The molecule has 0 aliphatic rings. The molecule has 2 rings (SSSR count). The van der Waals surface area contributed by atoms with Crippen LogP contribution in [-0.4, -0.2) is 29.4 Å². The summed E-state index contributed by atoms with van der Waals surface area (Å²) in [5.41, 5.74) is 0.881. The highest BCUT2D eigenvalue weighted by molar-refractivity contribution is 9.10. The molecular formula is C15H14BrCl2N3O. The first-order chi connectivity index (χ1) is 10.5. The van der Waals surface area contributed by atoms with Gasteiger partial charge in [-0.25, -0.2) is 4.98 Å².